The van der Waals surface area contributed by atoms with Gasteiger partial charge in [-0.25, -0.2) is 0 Å². The number of benzene rings is 2. The minimum Gasteiger partial charge on any atom is -0.491 e. The van der Waals surface area contributed by atoms with Crippen molar-refractivity contribution >= 4 is 23.7 Å². The van der Waals surface area contributed by atoms with Crippen molar-refractivity contribution in [2.24, 2.45) is 11.8 Å². The van der Waals surface area contributed by atoms with E-state index in [1.54, 1.807) is 34.1 Å². The van der Waals surface area contributed by atoms with Gasteiger partial charge < -0.3 is 34.0 Å². The van der Waals surface area contributed by atoms with E-state index < -0.39 is 30.0 Å². The summed E-state index contributed by atoms with van der Waals surface area (Å²) >= 11 is 0. The van der Waals surface area contributed by atoms with Gasteiger partial charge in [-0.3, -0.25) is 19.2 Å². The molecular weight excluding hydrogens is 662 g/mol. The van der Waals surface area contributed by atoms with Crippen LogP contribution in [0.2, 0.25) is 0 Å². The van der Waals surface area contributed by atoms with Crippen LogP contribution in [0, 0.1) is 11.8 Å². The first-order chi connectivity index (χ1) is 25.3. The molecule has 0 spiro atoms. The van der Waals surface area contributed by atoms with Gasteiger partial charge in [-0.15, -0.1) is 13.2 Å². The lowest BCUT2D eigenvalue weighted by Crippen LogP contribution is -2.50. The fourth-order valence-corrected chi connectivity index (χ4v) is 6.94. The van der Waals surface area contributed by atoms with E-state index in [0.29, 0.717) is 37.5 Å². The Morgan fingerprint density at radius 1 is 0.827 bits per heavy atom. The number of aliphatic hydroxyl groups excluding tert-OH is 1. The molecule has 2 aromatic rings. The highest BCUT2D eigenvalue weighted by atomic mass is 16.5. The summed E-state index contributed by atoms with van der Waals surface area (Å²) in [5.74, 6) is -1.93. The number of rotatable bonds is 21. The number of carbonyl (C=O) groups is 4. The number of esters is 1. The molecule has 0 aromatic heterocycles. The molecule has 2 heterocycles. The molecule has 4 rings (SSSR count). The number of nitrogens with zero attached hydrogens (tertiary/aromatic N) is 3. The van der Waals surface area contributed by atoms with Crippen molar-refractivity contribution in [3.05, 3.63) is 91.0 Å². The molecule has 1 N–H and O–H groups in total. The first kappa shape index (κ1) is 40.3. The molecule has 11 heteroatoms. The maximum atomic E-state index is 14.9. The summed E-state index contributed by atoms with van der Waals surface area (Å²) in [4.78, 5) is 60.8. The van der Waals surface area contributed by atoms with Crippen LogP contribution in [0.5, 0.6) is 5.75 Å². The number of ether oxygens (including phenoxy) is 3. The molecule has 4 atom stereocenters. The quantitative estimate of drug-likeness (QED) is 0.140. The lowest BCUT2D eigenvalue weighted by Gasteiger charge is -2.39. The highest BCUT2D eigenvalue weighted by Crippen LogP contribution is 2.32. The summed E-state index contributed by atoms with van der Waals surface area (Å²) in [7, 11) is 1.53. The second-order valence-corrected chi connectivity index (χ2v) is 13.5. The number of methoxy groups -OCH3 is 1. The first-order valence-corrected chi connectivity index (χ1v) is 18.4. The monoisotopic (exact) mass is 717 g/mol. The summed E-state index contributed by atoms with van der Waals surface area (Å²) in [6, 6.07) is 15.6. The van der Waals surface area contributed by atoms with Crippen LogP contribution in [-0.4, -0.2) is 103 Å². The van der Waals surface area contributed by atoms with E-state index in [2.05, 4.69) is 13.2 Å². The van der Waals surface area contributed by atoms with Crippen LogP contribution in [0.25, 0.3) is 0 Å². The average Bonchev–Trinajstić information content (AvgIpc) is 3.91. The molecule has 11 nitrogen and oxygen atoms in total. The number of likely N-dealkylation sites (tertiary alicyclic amines) is 2. The summed E-state index contributed by atoms with van der Waals surface area (Å²) in [5.41, 5.74) is 1.42. The molecule has 3 amide bonds. The van der Waals surface area contributed by atoms with Gasteiger partial charge in [-0.1, -0.05) is 54.6 Å². The second-order valence-electron chi connectivity index (χ2n) is 13.5. The molecule has 0 aliphatic carbocycles. The third kappa shape index (κ3) is 11.5. The van der Waals surface area contributed by atoms with Crippen molar-refractivity contribution in [3.8, 4) is 5.75 Å². The number of aliphatic hydroxyl groups is 1. The van der Waals surface area contributed by atoms with E-state index in [-0.39, 0.29) is 69.8 Å². The predicted molar refractivity (Wildman–Crippen MR) is 198 cm³/mol. The highest BCUT2D eigenvalue weighted by molar-refractivity contribution is 5.87. The maximum absolute atomic E-state index is 14.9. The molecule has 2 saturated heterocycles. The Morgan fingerprint density at radius 2 is 1.38 bits per heavy atom. The van der Waals surface area contributed by atoms with Gasteiger partial charge >= 0.3 is 5.97 Å². The van der Waals surface area contributed by atoms with Crippen molar-refractivity contribution in [3.63, 3.8) is 0 Å². The molecule has 0 unspecified atom stereocenters. The Hall–Kier alpha value is -4.48. The zero-order chi connectivity index (χ0) is 37.3. The SMILES string of the molecule is C=CC[C@H](CC(=O)N1CCCC1)C(=O)O[C@@H](c1ccccc1)[C@H](COC)N(Cc1ccc(OCCO)cc1)C(=O)[C@@H](CC=C)CC(=O)N1CCCC1. The third-order valence-electron chi connectivity index (χ3n) is 9.72. The van der Waals surface area contributed by atoms with Crippen molar-refractivity contribution in [2.45, 2.75) is 70.1 Å². The molecular formula is C41H55N3O8. The molecule has 0 radical (unpaired) electrons. The van der Waals surface area contributed by atoms with E-state index >= 15 is 0 Å². The van der Waals surface area contributed by atoms with Gasteiger partial charge in [-0.2, -0.15) is 0 Å². The standard InChI is InChI=1S/C41H55N3O8/c1-4-13-33(27-37(46)42-21-9-10-22-42)40(48)44(29-31-17-19-35(20-18-31)51-26-25-45)36(30-50-3)39(32-15-7-6-8-16-32)52-41(49)34(14-5-2)28-38(47)43-23-11-12-24-43/h4-8,15-20,33-34,36,39,45H,1-2,9-14,21-30H2,3H3/t33-,34+,36-,39-/m0/s1. The summed E-state index contributed by atoms with van der Waals surface area (Å²) in [6.07, 6.45) is 6.60. The lowest BCUT2D eigenvalue weighted by atomic mass is 9.94. The van der Waals surface area contributed by atoms with Gasteiger partial charge in [0.1, 0.15) is 18.5 Å². The van der Waals surface area contributed by atoms with Crippen molar-refractivity contribution in [2.75, 3.05) is 53.1 Å². The van der Waals surface area contributed by atoms with Gasteiger partial charge in [-0.05, 0) is 61.8 Å². The van der Waals surface area contributed by atoms with Gasteiger partial charge in [0.15, 0.2) is 0 Å². The summed E-state index contributed by atoms with van der Waals surface area (Å²) in [6.45, 7) is 10.6. The largest absolute Gasteiger partial charge is 0.491 e. The normalized spacial score (nSPS) is 16.4. The molecule has 0 saturated carbocycles. The van der Waals surface area contributed by atoms with Crippen molar-refractivity contribution in [1.82, 2.24) is 14.7 Å². The Kier molecular flexibility index (Phi) is 16.4. The van der Waals surface area contributed by atoms with Crippen LogP contribution in [0.1, 0.15) is 68.6 Å². The number of hydrogen-bond donors (Lipinski definition) is 1. The van der Waals surface area contributed by atoms with Crippen LogP contribution in [0.3, 0.4) is 0 Å². The molecule has 2 fully saturated rings. The topological polar surface area (TPSA) is 126 Å². The smallest absolute Gasteiger partial charge is 0.310 e. The molecule has 2 aliphatic rings. The van der Waals surface area contributed by atoms with E-state index in [9.17, 15) is 24.3 Å². The van der Waals surface area contributed by atoms with E-state index in [0.717, 1.165) is 31.2 Å². The fraction of sp³-hybridized carbons (Fsp3) is 0.512. The molecule has 2 aromatic carbocycles. The van der Waals surface area contributed by atoms with E-state index in [1.807, 2.05) is 47.4 Å². The van der Waals surface area contributed by atoms with Gasteiger partial charge in [0.05, 0.1) is 31.1 Å². The van der Waals surface area contributed by atoms with Gasteiger partial charge in [0, 0.05) is 52.7 Å². The first-order valence-electron chi connectivity index (χ1n) is 18.4. The number of amides is 3. The minimum absolute atomic E-state index is 0.00528. The lowest BCUT2D eigenvalue weighted by molar-refractivity contribution is -0.165. The number of allylic oxidation sites excluding steroid dienone is 2. The maximum Gasteiger partial charge on any atom is 0.310 e. The van der Waals surface area contributed by atoms with Crippen molar-refractivity contribution in [1.29, 1.82) is 0 Å². The van der Waals surface area contributed by atoms with E-state index in [4.69, 9.17) is 14.2 Å². The van der Waals surface area contributed by atoms with Crippen LogP contribution < -0.4 is 4.74 Å². The Morgan fingerprint density at radius 3 is 1.92 bits per heavy atom. The van der Waals surface area contributed by atoms with Crippen LogP contribution in [0.15, 0.2) is 79.9 Å². The van der Waals surface area contributed by atoms with Gasteiger partial charge in [0.2, 0.25) is 17.7 Å². The minimum atomic E-state index is -0.974. The van der Waals surface area contributed by atoms with E-state index in [1.165, 1.54) is 7.11 Å². The Labute approximate surface area is 308 Å². The fourth-order valence-electron chi connectivity index (χ4n) is 6.94. The third-order valence-corrected chi connectivity index (χ3v) is 9.72. The zero-order valence-electron chi connectivity index (χ0n) is 30.5. The molecule has 282 valence electrons. The second kappa shape index (κ2) is 21.1. The molecule has 2 aliphatic heterocycles. The summed E-state index contributed by atoms with van der Waals surface area (Å²) in [5, 5.41) is 9.19. The number of carbonyl (C=O) groups excluding carboxylic acids is 4. The Balaban J connectivity index is 1.72. The number of hydrogen-bond acceptors (Lipinski definition) is 8. The summed E-state index contributed by atoms with van der Waals surface area (Å²) < 4.78 is 17.7. The van der Waals surface area contributed by atoms with Crippen LogP contribution in [-0.2, 0) is 35.2 Å². The van der Waals surface area contributed by atoms with Gasteiger partial charge in [0.25, 0.3) is 0 Å². The van der Waals surface area contributed by atoms with Crippen LogP contribution in [0.4, 0.5) is 0 Å². The molecule has 0 bridgehead atoms. The highest BCUT2D eigenvalue weighted by Gasteiger charge is 2.39. The zero-order valence-corrected chi connectivity index (χ0v) is 30.5. The average molecular weight is 718 g/mol. The van der Waals surface area contributed by atoms with Crippen molar-refractivity contribution < 1.29 is 38.5 Å². The van der Waals surface area contributed by atoms with Crippen LogP contribution >= 0.6 is 0 Å². The predicted octanol–water partition coefficient (Wildman–Crippen LogP) is 5.10. The Bertz CT molecular complexity index is 1450. The molecule has 52 heavy (non-hydrogen) atoms.